The Kier molecular flexibility index (Phi) is 4.72. The summed E-state index contributed by atoms with van der Waals surface area (Å²) in [5.41, 5.74) is -0.599. The summed E-state index contributed by atoms with van der Waals surface area (Å²) in [6.45, 7) is 5.10. The third kappa shape index (κ3) is 3.17. The van der Waals surface area contributed by atoms with Gasteiger partial charge in [-0.3, -0.25) is 4.79 Å². The van der Waals surface area contributed by atoms with Crippen LogP contribution in [0.3, 0.4) is 0 Å². The van der Waals surface area contributed by atoms with Gasteiger partial charge in [0, 0.05) is 17.4 Å². The first-order chi connectivity index (χ1) is 12.3. The van der Waals surface area contributed by atoms with Crippen molar-refractivity contribution in [2.24, 2.45) is 0 Å². The highest BCUT2D eigenvalue weighted by Gasteiger charge is 2.34. The van der Waals surface area contributed by atoms with Gasteiger partial charge in [0.25, 0.3) is 0 Å². The molecule has 0 atom stereocenters. The van der Waals surface area contributed by atoms with Gasteiger partial charge in [-0.1, -0.05) is 25.1 Å². The molecule has 0 saturated carbocycles. The molecule has 3 nitrogen and oxygen atoms in total. The van der Waals surface area contributed by atoms with Crippen molar-refractivity contribution in [1.29, 1.82) is 0 Å². The fraction of sp³-hybridized carbons (Fsp3) is 0.238. The Morgan fingerprint density at radius 3 is 2.54 bits per heavy atom. The number of rotatable bonds is 5. The Labute approximate surface area is 150 Å². The number of hydrogen-bond donors (Lipinski definition) is 0. The molecular formula is C21H19F2NO2. The average Bonchev–Trinajstić information content (AvgIpc) is 2.61. The van der Waals surface area contributed by atoms with Crippen LogP contribution in [0.25, 0.3) is 10.9 Å². The van der Waals surface area contributed by atoms with Gasteiger partial charge in [0.1, 0.15) is 34.4 Å². The standard InChI is InChI=1S/C21H19F2NO2/c1-4-18(25)21(2,3)19-15(22)8-6-10-17(19)26-14-11-13-7-5-9-16(23)20(13)24-12-14/h5-12H,4H2,1-3H3. The summed E-state index contributed by atoms with van der Waals surface area (Å²) < 4.78 is 34.2. The summed E-state index contributed by atoms with van der Waals surface area (Å²) in [5, 5.41) is 0.573. The monoisotopic (exact) mass is 355 g/mol. The van der Waals surface area contributed by atoms with Gasteiger partial charge in [-0.05, 0) is 38.1 Å². The number of halogens is 2. The molecule has 0 unspecified atom stereocenters. The minimum Gasteiger partial charge on any atom is -0.455 e. The molecule has 3 aromatic rings. The lowest BCUT2D eigenvalue weighted by Crippen LogP contribution is -2.30. The largest absolute Gasteiger partial charge is 0.455 e. The highest BCUT2D eigenvalue weighted by Crippen LogP contribution is 2.38. The van der Waals surface area contributed by atoms with Crippen LogP contribution in [-0.4, -0.2) is 10.8 Å². The number of ketones is 1. The van der Waals surface area contributed by atoms with E-state index in [1.54, 1.807) is 45.0 Å². The van der Waals surface area contributed by atoms with E-state index in [4.69, 9.17) is 4.74 Å². The minimum absolute atomic E-state index is 0.0915. The lowest BCUT2D eigenvalue weighted by molar-refractivity contribution is -0.123. The molecule has 26 heavy (non-hydrogen) atoms. The van der Waals surface area contributed by atoms with Gasteiger partial charge in [-0.2, -0.15) is 0 Å². The van der Waals surface area contributed by atoms with Crippen LogP contribution in [0.15, 0.2) is 48.7 Å². The van der Waals surface area contributed by atoms with Gasteiger partial charge in [0.2, 0.25) is 0 Å². The van der Waals surface area contributed by atoms with Crippen LogP contribution < -0.4 is 4.74 Å². The van der Waals surface area contributed by atoms with Gasteiger partial charge in [0.05, 0.1) is 11.6 Å². The van der Waals surface area contributed by atoms with Gasteiger partial charge in [-0.15, -0.1) is 0 Å². The topological polar surface area (TPSA) is 39.2 Å². The van der Waals surface area contributed by atoms with E-state index in [0.29, 0.717) is 11.1 Å². The maximum Gasteiger partial charge on any atom is 0.149 e. The van der Waals surface area contributed by atoms with Crippen molar-refractivity contribution in [3.05, 3.63) is 65.9 Å². The molecule has 1 heterocycles. The van der Waals surface area contributed by atoms with Gasteiger partial charge >= 0.3 is 0 Å². The molecule has 0 saturated heterocycles. The zero-order chi connectivity index (χ0) is 18.9. The summed E-state index contributed by atoms with van der Waals surface area (Å²) >= 11 is 0. The number of ether oxygens (including phenoxy) is 1. The van der Waals surface area contributed by atoms with Crippen LogP contribution in [-0.2, 0) is 10.2 Å². The molecule has 134 valence electrons. The third-order valence-electron chi connectivity index (χ3n) is 4.48. The molecule has 0 aliphatic carbocycles. The third-order valence-corrected chi connectivity index (χ3v) is 4.48. The van der Waals surface area contributed by atoms with Gasteiger partial charge in [0.15, 0.2) is 0 Å². The predicted octanol–water partition coefficient (Wildman–Crippen LogP) is 5.56. The van der Waals surface area contributed by atoms with E-state index >= 15 is 0 Å². The Hall–Kier alpha value is -2.82. The molecule has 0 aliphatic rings. The number of benzene rings is 2. The second kappa shape index (κ2) is 6.83. The summed E-state index contributed by atoms with van der Waals surface area (Å²) in [4.78, 5) is 16.4. The van der Waals surface area contributed by atoms with Gasteiger partial charge < -0.3 is 4.74 Å². The van der Waals surface area contributed by atoms with Crippen LogP contribution in [0, 0.1) is 11.6 Å². The summed E-state index contributed by atoms with van der Waals surface area (Å²) in [6.07, 6.45) is 1.67. The van der Waals surface area contributed by atoms with E-state index in [1.807, 2.05) is 0 Å². The Morgan fingerprint density at radius 1 is 1.12 bits per heavy atom. The maximum absolute atomic E-state index is 14.6. The highest BCUT2D eigenvalue weighted by molar-refractivity contribution is 5.90. The van der Waals surface area contributed by atoms with Crippen LogP contribution in [0.4, 0.5) is 8.78 Å². The zero-order valence-electron chi connectivity index (χ0n) is 14.8. The van der Waals surface area contributed by atoms with Crippen LogP contribution in [0.1, 0.15) is 32.8 Å². The SMILES string of the molecule is CCC(=O)C(C)(C)c1c(F)cccc1Oc1cnc2c(F)cccc2c1. The molecule has 0 aliphatic heterocycles. The first-order valence-corrected chi connectivity index (χ1v) is 8.39. The number of fused-ring (bicyclic) bond motifs is 1. The van der Waals surface area contributed by atoms with E-state index < -0.39 is 17.0 Å². The maximum atomic E-state index is 14.6. The van der Waals surface area contributed by atoms with E-state index in [9.17, 15) is 13.6 Å². The molecule has 0 fully saturated rings. The van der Waals surface area contributed by atoms with E-state index in [-0.39, 0.29) is 29.0 Å². The smallest absolute Gasteiger partial charge is 0.149 e. The number of aromatic nitrogens is 1. The van der Waals surface area contributed by atoms with Crippen molar-refractivity contribution in [3.8, 4) is 11.5 Å². The lowest BCUT2D eigenvalue weighted by Gasteiger charge is -2.26. The first kappa shape index (κ1) is 18.0. The molecule has 0 radical (unpaired) electrons. The van der Waals surface area contributed by atoms with Crippen molar-refractivity contribution >= 4 is 16.7 Å². The van der Waals surface area contributed by atoms with Crippen molar-refractivity contribution < 1.29 is 18.3 Å². The average molecular weight is 355 g/mol. The molecule has 2 aromatic carbocycles. The normalized spacial score (nSPS) is 11.6. The van der Waals surface area contributed by atoms with Crippen molar-refractivity contribution in [1.82, 2.24) is 4.98 Å². The Bertz CT molecular complexity index is 983. The van der Waals surface area contributed by atoms with Gasteiger partial charge in [-0.25, -0.2) is 13.8 Å². The lowest BCUT2D eigenvalue weighted by atomic mass is 9.78. The molecule has 1 aromatic heterocycles. The van der Waals surface area contributed by atoms with Crippen molar-refractivity contribution in [3.63, 3.8) is 0 Å². The van der Waals surface area contributed by atoms with Crippen molar-refractivity contribution in [2.75, 3.05) is 0 Å². The second-order valence-electron chi connectivity index (χ2n) is 6.60. The summed E-state index contributed by atoms with van der Waals surface area (Å²) in [5.74, 6) is -0.431. The Balaban J connectivity index is 2.06. The van der Waals surface area contributed by atoms with Crippen LogP contribution in [0.5, 0.6) is 11.5 Å². The second-order valence-corrected chi connectivity index (χ2v) is 6.60. The number of carbonyl (C=O) groups excluding carboxylic acids is 1. The minimum atomic E-state index is -1.04. The molecule has 5 heteroatoms. The molecule has 0 amide bonds. The molecule has 0 spiro atoms. The molecular weight excluding hydrogens is 336 g/mol. The van der Waals surface area contributed by atoms with E-state index in [2.05, 4.69) is 4.98 Å². The summed E-state index contributed by atoms with van der Waals surface area (Å²) in [6, 6.07) is 10.7. The molecule has 3 rings (SSSR count). The predicted molar refractivity (Wildman–Crippen MR) is 96.5 cm³/mol. The number of Topliss-reactive ketones (excluding diaryl/α,β-unsaturated/α-hetero) is 1. The molecule has 0 N–H and O–H groups in total. The molecule has 0 bridgehead atoms. The Morgan fingerprint density at radius 2 is 1.81 bits per heavy atom. The first-order valence-electron chi connectivity index (χ1n) is 8.39. The highest BCUT2D eigenvalue weighted by atomic mass is 19.1. The number of nitrogens with zero attached hydrogens (tertiary/aromatic N) is 1. The van der Waals surface area contributed by atoms with E-state index in [1.165, 1.54) is 24.4 Å². The van der Waals surface area contributed by atoms with Crippen LogP contribution >= 0.6 is 0 Å². The van der Waals surface area contributed by atoms with Crippen molar-refractivity contribution in [2.45, 2.75) is 32.6 Å². The number of pyridine rings is 1. The quantitative estimate of drug-likeness (QED) is 0.601. The summed E-state index contributed by atoms with van der Waals surface area (Å²) in [7, 11) is 0. The van der Waals surface area contributed by atoms with Crippen LogP contribution in [0.2, 0.25) is 0 Å². The fourth-order valence-corrected chi connectivity index (χ4v) is 3.06. The number of hydrogen-bond acceptors (Lipinski definition) is 3. The number of carbonyl (C=O) groups is 1. The number of para-hydroxylation sites is 1. The zero-order valence-corrected chi connectivity index (χ0v) is 14.8. The van der Waals surface area contributed by atoms with E-state index in [0.717, 1.165) is 0 Å². The fourth-order valence-electron chi connectivity index (χ4n) is 3.06.